The Kier molecular flexibility index (Phi) is 5.98. The lowest BCUT2D eigenvalue weighted by Gasteiger charge is -2.42. The van der Waals surface area contributed by atoms with Gasteiger partial charge in [-0.3, -0.25) is 14.9 Å². The summed E-state index contributed by atoms with van der Waals surface area (Å²) >= 11 is 0. The van der Waals surface area contributed by atoms with E-state index in [1.807, 2.05) is 12.1 Å². The highest BCUT2D eigenvalue weighted by molar-refractivity contribution is 5.90. The van der Waals surface area contributed by atoms with Crippen molar-refractivity contribution < 1.29 is 4.74 Å². The summed E-state index contributed by atoms with van der Waals surface area (Å²) in [5.74, 6) is 1.41. The highest BCUT2D eigenvalue weighted by Gasteiger charge is 2.30. The van der Waals surface area contributed by atoms with Gasteiger partial charge in [0.1, 0.15) is 11.3 Å². The zero-order chi connectivity index (χ0) is 24.6. The lowest BCUT2D eigenvalue weighted by molar-refractivity contribution is 0.141. The first-order valence-corrected chi connectivity index (χ1v) is 12.9. The Bertz CT molecular complexity index is 1440. The van der Waals surface area contributed by atoms with Gasteiger partial charge < -0.3 is 14.2 Å². The number of ether oxygens (including phenoxy) is 1. The van der Waals surface area contributed by atoms with E-state index in [1.165, 1.54) is 42.1 Å². The summed E-state index contributed by atoms with van der Waals surface area (Å²) in [6, 6.07) is 10.8. The van der Waals surface area contributed by atoms with Crippen LogP contribution >= 0.6 is 0 Å². The molecule has 2 aliphatic rings. The first-order valence-electron chi connectivity index (χ1n) is 12.9. The largest absolute Gasteiger partial charge is 0.497 e. The Hall–Kier alpha value is -3.63. The number of aromatic nitrogens is 3. The van der Waals surface area contributed by atoms with E-state index in [2.05, 4.69) is 60.6 Å². The van der Waals surface area contributed by atoms with E-state index < -0.39 is 0 Å². The van der Waals surface area contributed by atoms with Crippen molar-refractivity contribution in [1.29, 1.82) is 0 Å². The van der Waals surface area contributed by atoms with Crippen LogP contribution in [0.3, 0.4) is 0 Å². The molecule has 7 heteroatoms. The van der Waals surface area contributed by atoms with Gasteiger partial charge in [-0.15, -0.1) is 0 Å². The number of aryl methyl sites for hydroxylation is 1. The van der Waals surface area contributed by atoms with Gasteiger partial charge in [-0.05, 0) is 54.7 Å². The molecule has 0 radical (unpaired) electrons. The predicted octanol–water partition coefficient (Wildman–Crippen LogP) is 5.53. The third-order valence-corrected chi connectivity index (χ3v) is 8.20. The van der Waals surface area contributed by atoms with Crippen LogP contribution in [0.1, 0.15) is 37.2 Å². The van der Waals surface area contributed by atoms with Crippen LogP contribution in [0.4, 0.5) is 11.4 Å². The summed E-state index contributed by atoms with van der Waals surface area (Å²) in [6.07, 6.45) is 10.7. The predicted molar refractivity (Wildman–Crippen MR) is 144 cm³/mol. The first-order chi connectivity index (χ1) is 17.6. The Morgan fingerprint density at radius 2 is 1.75 bits per heavy atom. The second-order valence-electron chi connectivity index (χ2n) is 10.1. The third-order valence-electron chi connectivity index (χ3n) is 8.20. The lowest BCUT2D eigenvalue weighted by Crippen LogP contribution is -2.51. The van der Waals surface area contributed by atoms with Gasteiger partial charge in [-0.2, -0.15) is 0 Å². The molecule has 0 spiro atoms. The number of benzene rings is 2. The molecule has 0 unspecified atom stereocenters. The number of hydrogen-bond acceptors (Lipinski definition) is 5. The zero-order valence-electron chi connectivity index (χ0n) is 21.0. The fourth-order valence-corrected chi connectivity index (χ4v) is 6.28. The number of anilines is 1. The minimum atomic E-state index is 0.578. The topological polar surface area (TPSA) is 50.8 Å². The van der Waals surface area contributed by atoms with Crippen molar-refractivity contribution >= 4 is 33.3 Å². The molecule has 7 nitrogen and oxygen atoms in total. The minimum Gasteiger partial charge on any atom is -0.497 e. The molecule has 2 aromatic heterocycles. The molecule has 0 atom stereocenters. The molecule has 0 bridgehead atoms. The highest BCUT2D eigenvalue weighted by Crippen LogP contribution is 2.40. The van der Waals surface area contributed by atoms with Gasteiger partial charge in [0.25, 0.3) is 0 Å². The highest BCUT2D eigenvalue weighted by atomic mass is 16.5. The Morgan fingerprint density at radius 3 is 2.50 bits per heavy atom. The van der Waals surface area contributed by atoms with Crippen LogP contribution in [-0.4, -0.2) is 58.8 Å². The number of nitrogens with zero attached hydrogens (tertiary/aromatic N) is 6. The number of fused-ring (bicyclic) bond motifs is 2. The molecular formula is C29H32N6O. The van der Waals surface area contributed by atoms with E-state index in [1.54, 1.807) is 19.5 Å². The summed E-state index contributed by atoms with van der Waals surface area (Å²) in [4.78, 5) is 17.9. The fourth-order valence-electron chi connectivity index (χ4n) is 6.28. The molecule has 1 saturated heterocycles. The molecule has 4 aromatic rings. The molecule has 1 aliphatic carbocycles. The van der Waals surface area contributed by atoms with Crippen molar-refractivity contribution in [3.8, 4) is 5.75 Å². The molecule has 1 aliphatic heterocycles. The molecule has 36 heavy (non-hydrogen) atoms. The van der Waals surface area contributed by atoms with Gasteiger partial charge in [0.15, 0.2) is 5.69 Å². The standard InChI is InChI=1S/C29H32N6O/c1-30-21-6-9-27-24(16-21)25(19-33(27)2)20-4-7-22(8-5-20)34-12-14-35(15-13-34)28-18-23(36-3)17-26-29(28)32-11-10-31-26/h6,9-11,16-20,22H,4-5,7-8,12-15H2,2-3H3. The average Bonchev–Trinajstić information content (AvgIpc) is 3.28. The van der Waals surface area contributed by atoms with Crippen LogP contribution in [0.5, 0.6) is 5.75 Å². The van der Waals surface area contributed by atoms with E-state index in [0.29, 0.717) is 12.0 Å². The number of rotatable bonds is 4. The third kappa shape index (κ3) is 4.06. The molecule has 6 rings (SSSR count). The van der Waals surface area contributed by atoms with Crippen LogP contribution < -0.4 is 9.64 Å². The molecule has 2 aromatic carbocycles. The van der Waals surface area contributed by atoms with Gasteiger partial charge in [0.2, 0.25) is 0 Å². The van der Waals surface area contributed by atoms with Crippen molar-refractivity contribution in [1.82, 2.24) is 19.4 Å². The minimum absolute atomic E-state index is 0.578. The van der Waals surface area contributed by atoms with Crippen molar-refractivity contribution in [2.24, 2.45) is 7.05 Å². The zero-order valence-corrected chi connectivity index (χ0v) is 21.0. The molecule has 184 valence electrons. The summed E-state index contributed by atoms with van der Waals surface area (Å²) in [7, 11) is 3.82. The summed E-state index contributed by atoms with van der Waals surface area (Å²) in [5, 5.41) is 1.26. The maximum absolute atomic E-state index is 7.41. The Labute approximate surface area is 212 Å². The number of hydrogen-bond donors (Lipinski definition) is 0. The van der Waals surface area contributed by atoms with Gasteiger partial charge in [0.05, 0.1) is 24.9 Å². The fraction of sp³-hybridized carbons (Fsp3) is 0.414. The smallest absolute Gasteiger partial charge is 0.187 e. The SMILES string of the molecule is [C-]#[N+]c1ccc2c(c1)c(C1CCC(N3CCN(c4cc(OC)cc5nccnc45)CC3)CC1)cn2C. The van der Waals surface area contributed by atoms with Crippen LogP contribution in [0.15, 0.2) is 48.9 Å². The van der Waals surface area contributed by atoms with Crippen molar-refractivity contribution in [3.63, 3.8) is 0 Å². The second-order valence-corrected chi connectivity index (χ2v) is 10.1. The van der Waals surface area contributed by atoms with Gasteiger partial charge in [0, 0.05) is 75.5 Å². The number of methoxy groups -OCH3 is 1. The van der Waals surface area contributed by atoms with Crippen LogP contribution in [-0.2, 0) is 7.05 Å². The summed E-state index contributed by atoms with van der Waals surface area (Å²) < 4.78 is 7.76. The van der Waals surface area contributed by atoms with E-state index in [9.17, 15) is 0 Å². The van der Waals surface area contributed by atoms with Crippen LogP contribution in [0.25, 0.3) is 26.8 Å². The van der Waals surface area contributed by atoms with Crippen LogP contribution in [0.2, 0.25) is 0 Å². The maximum Gasteiger partial charge on any atom is 0.187 e. The summed E-state index contributed by atoms with van der Waals surface area (Å²) in [6.45, 7) is 11.5. The van der Waals surface area contributed by atoms with Crippen molar-refractivity contribution in [3.05, 3.63) is 65.9 Å². The molecule has 1 saturated carbocycles. The lowest BCUT2D eigenvalue weighted by atomic mass is 9.81. The molecular weight excluding hydrogens is 448 g/mol. The van der Waals surface area contributed by atoms with E-state index >= 15 is 0 Å². The monoisotopic (exact) mass is 480 g/mol. The van der Waals surface area contributed by atoms with Gasteiger partial charge in [-0.1, -0.05) is 6.07 Å². The average molecular weight is 481 g/mol. The van der Waals surface area contributed by atoms with E-state index in [4.69, 9.17) is 11.3 Å². The maximum atomic E-state index is 7.41. The number of piperazine rings is 1. The van der Waals surface area contributed by atoms with Crippen molar-refractivity contribution in [2.75, 3.05) is 38.2 Å². The van der Waals surface area contributed by atoms with E-state index in [-0.39, 0.29) is 0 Å². The second kappa shape index (κ2) is 9.44. The van der Waals surface area contributed by atoms with Gasteiger partial charge >= 0.3 is 0 Å². The normalized spacial score (nSPS) is 21.1. The summed E-state index contributed by atoms with van der Waals surface area (Å²) in [5.41, 5.74) is 6.33. The quantitative estimate of drug-likeness (QED) is 0.360. The molecule has 0 N–H and O–H groups in total. The molecule has 2 fully saturated rings. The molecule has 3 heterocycles. The van der Waals surface area contributed by atoms with Crippen LogP contribution in [0, 0.1) is 6.57 Å². The Morgan fingerprint density at radius 1 is 0.972 bits per heavy atom. The Balaban J connectivity index is 1.12. The molecule has 0 amide bonds. The van der Waals surface area contributed by atoms with Gasteiger partial charge in [-0.25, -0.2) is 4.85 Å². The van der Waals surface area contributed by atoms with Crippen molar-refractivity contribution in [2.45, 2.75) is 37.6 Å². The van der Waals surface area contributed by atoms with E-state index in [0.717, 1.165) is 54.3 Å². The first kappa shape index (κ1) is 22.8.